The predicted molar refractivity (Wildman–Crippen MR) is 155 cm³/mol. The maximum Gasteiger partial charge on any atom is 0.375 e. The molecule has 0 spiro atoms. The Kier molecular flexibility index (Phi) is 6.73. The minimum Gasteiger partial charge on any atom is -0.504 e. The van der Waals surface area contributed by atoms with Gasteiger partial charge in [0.05, 0.1) is 36.3 Å². The number of carbonyl (C=O) groups excluding carboxylic acids is 3. The summed E-state index contributed by atoms with van der Waals surface area (Å²) in [5.41, 5.74) is 4.16. The SMILES string of the molecule is COc1c(C)cc2c(c1O)[C@@H]1C3[C@@H]4SCC(=O)C(=O)OC[C@H](c5c6c(c(C)c(OC(C)=O)c54)OCO6)N3C(C#N)[C@@H](C2)N1C. The van der Waals surface area contributed by atoms with Crippen molar-refractivity contribution in [3.8, 4) is 34.8 Å². The van der Waals surface area contributed by atoms with Gasteiger partial charge in [-0.3, -0.25) is 19.4 Å². The largest absolute Gasteiger partial charge is 0.504 e. The molecule has 0 aromatic heterocycles. The van der Waals surface area contributed by atoms with E-state index < -0.39 is 47.1 Å². The van der Waals surface area contributed by atoms with Gasteiger partial charge in [0, 0.05) is 41.3 Å². The predicted octanol–water partition coefficient (Wildman–Crippen LogP) is 2.80. The van der Waals surface area contributed by atoms with E-state index in [0.717, 1.165) is 11.1 Å². The molecule has 2 fully saturated rings. The van der Waals surface area contributed by atoms with Crippen molar-refractivity contribution in [3.05, 3.63) is 39.4 Å². The highest BCUT2D eigenvalue weighted by molar-refractivity contribution is 8.00. The van der Waals surface area contributed by atoms with Crippen LogP contribution in [0.25, 0.3) is 0 Å². The molecular formula is C31H31N3O9S. The number of cyclic esters (lactones) is 1. The van der Waals surface area contributed by atoms with Crippen LogP contribution >= 0.6 is 11.8 Å². The van der Waals surface area contributed by atoms with Crippen molar-refractivity contribution in [3.63, 3.8) is 0 Å². The number of nitrogens with zero attached hydrogens (tertiary/aromatic N) is 3. The molecule has 2 aromatic rings. The molecule has 2 aromatic carbocycles. The summed E-state index contributed by atoms with van der Waals surface area (Å²) in [7, 11) is 3.45. The quantitative estimate of drug-likeness (QED) is 0.298. The number of ether oxygens (including phenoxy) is 5. The van der Waals surface area contributed by atoms with Crippen LogP contribution in [0.3, 0.4) is 0 Å². The molecule has 0 amide bonds. The van der Waals surface area contributed by atoms with Gasteiger partial charge in [0.15, 0.2) is 23.0 Å². The molecule has 5 aliphatic heterocycles. The van der Waals surface area contributed by atoms with Gasteiger partial charge in [-0.1, -0.05) is 6.07 Å². The number of likely N-dealkylation sites (N-methyl/N-ethyl adjacent to an activating group) is 1. The highest BCUT2D eigenvalue weighted by Crippen LogP contribution is 2.63. The number of fused-ring (bicyclic) bond motifs is 9. The van der Waals surface area contributed by atoms with Crippen molar-refractivity contribution < 1.29 is 43.2 Å². The summed E-state index contributed by atoms with van der Waals surface area (Å²) in [6.07, 6.45) is 0.488. The Morgan fingerprint density at radius 3 is 2.59 bits per heavy atom. The first-order chi connectivity index (χ1) is 21.1. The number of nitriles is 1. The molecule has 5 aliphatic rings. The van der Waals surface area contributed by atoms with Crippen molar-refractivity contribution in [1.82, 2.24) is 9.80 Å². The zero-order chi connectivity index (χ0) is 31.2. The number of piperazine rings is 1. The second-order valence-electron chi connectivity index (χ2n) is 11.8. The van der Waals surface area contributed by atoms with Gasteiger partial charge in [-0.25, -0.2) is 4.79 Å². The van der Waals surface area contributed by atoms with Crippen molar-refractivity contribution >= 4 is 29.5 Å². The van der Waals surface area contributed by atoms with Gasteiger partial charge in [-0.15, -0.1) is 11.8 Å². The third-order valence-corrected chi connectivity index (χ3v) is 10.8. The van der Waals surface area contributed by atoms with Gasteiger partial charge in [0.25, 0.3) is 0 Å². The average Bonchev–Trinajstić information content (AvgIpc) is 3.47. The van der Waals surface area contributed by atoms with Crippen molar-refractivity contribution in [2.45, 2.75) is 62.7 Å². The zero-order valence-electron chi connectivity index (χ0n) is 24.8. The number of thioether (sulfide) groups is 1. The number of carbonyl (C=O) groups is 3. The number of rotatable bonds is 2. The van der Waals surface area contributed by atoms with Crippen LogP contribution in [0.15, 0.2) is 6.07 Å². The average molecular weight is 622 g/mol. The number of esters is 2. The highest BCUT2D eigenvalue weighted by atomic mass is 32.2. The fourth-order valence-corrected chi connectivity index (χ4v) is 9.23. The number of methoxy groups -OCH3 is 1. The number of ketones is 1. The van der Waals surface area contributed by atoms with Gasteiger partial charge in [0.1, 0.15) is 18.4 Å². The van der Waals surface area contributed by atoms with Crippen LogP contribution in [-0.2, 0) is 25.5 Å². The summed E-state index contributed by atoms with van der Waals surface area (Å²) < 4.78 is 29.0. The first kappa shape index (κ1) is 28.8. The lowest BCUT2D eigenvalue weighted by atomic mass is 9.71. The lowest BCUT2D eigenvalue weighted by Crippen LogP contribution is -2.69. The topological polar surface area (TPSA) is 148 Å². The van der Waals surface area contributed by atoms with E-state index in [1.54, 1.807) is 6.92 Å². The van der Waals surface area contributed by atoms with E-state index in [9.17, 15) is 24.8 Å². The molecule has 4 bridgehead atoms. The van der Waals surface area contributed by atoms with E-state index >= 15 is 0 Å². The first-order valence-electron chi connectivity index (χ1n) is 14.3. The maximum absolute atomic E-state index is 12.9. The molecule has 0 saturated carbocycles. The number of hydrogen-bond donors (Lipinski definition) is 1. The molecule has 5 heterocycles. The normalized spacial score (nSPS) is 28.7. The van der Waals surface area contributed by atoms with E-state index in [1.165, 1.54) is 25.8 Å². The number of aryl methyl sites for hydroxylation is 1. The van der Waals surface area contributed by atoms with E-state index in [0.29, 0.717) is 51.7 Å². The number of phenolic OH excluding ortho intramolecular Hbond substituents is 1. The van der Waals surface area contributed by atoms with Crippen molar-refractivity contribution in [1.29, 1.82) is 5.26 Å². The molecule has 0 aliphatic carbocycles. The van der Waals surface area contributed by atoms with Crippen molar-refractivity contribution in [2.75, 3.05) is 33.3 Å². The number of hydrogen-bond acceptors (Lipinski definition) is 13. The lowest BCUT2D eigenvalue weighted by molar-refractivity contribution is -0.157. The monoisotopic (exact) mass is 621 g/mol. The Morgan fingerprint density at radius 1 is 1.14 bits per heavy atom. The second-order valence-corrected chi connectivity index (χ2v) is 12.9. The van der Waals surface area contributed by atoms with Crippen LogP contribution < -0.4 is 18.9 Å². The molecule has 0 radical (unpaired) electrons. The summed E-state index contributed by atoms with van der Waals surface area (Å²) in [5.74, 6) is -0.855. The maximum atomic E-state index is 12.9. The zero-order valence-corrected chi connectivity index (χ0v) is 25.6. The van der Waals surface area contributed by atoms with Crippen LogP contribution in [0.2, 0.25) is 0 Å². The third kappa shape index (κ3) is 3.87. The van der Waals surface area contributed by atoms with E-state index in [4.69, 9.17) is 23.7 Å². The fraction of sp³-hybridized carbons (Fsp3) is 0.484. The van der Waals surface area contributed by atoms with Crippen LogP contribution in [-0.4, -0.2) is 84.1 Å². The standard InChI is InChI=1S/C31H31N3O9S/c1-12-6-15-7-16-17(8-32)34-18-9-40-31(38)19(36)10-44-30(24(34)23(33(16)4)20(15)25(37)26(12)39-5)22-21(18)29-28(41-11-42-29)13(2)27(22)43-14(3)35/h6,16-18,23-24,30,37H,7,9-11H2,1-5H3/t16-,17?,18-,23-,24?,30-/m1/s1. The summed E-state index contributed by atoms with van der Waals surface area (Å²) in [5, 5.41) is 21.9. The smallest absolute Gasteiger partial charge is 0.375 e. The van der Waals surface area contributed by atoms with Crippen molar-refractivity contribution in [2.24, 2.45) is 0 Å². The van der Waals surface area contributed by atoms with E-state index in [-0.39, 0.29) is 30.9 Å². The Hall–Kier alpha value is -3.99. The van der Waals surface area contributed by atoms with Gasteiger partial charge >= 0.3 is 11.9 Å². The van der Waals surface area contributed by atoms with Gasteiger partial charge in [-0.05, 0) is 38.4 Å². The highest BCUT2D eigenvalue weighted by Gasteiger charge is 2.60. The number of benzene rings is 2. The number of Topliss-reactive ketones (excluding diaryl/α,β-unsaturated/α-hetero) is 1. The first-order valence-corrected chi connectivity index (χ1v) is 15.4. The summed E-state index contributed by atoms with van der Waals surface area (Å²) in [6.45, 7) is 4.65. The number of aromatic hydroxyl groups is 1. The molecule has 7 rings (SSSR count). The minimum atomic E-state index is -0.949. The van der Waals surface area contributed by atoms with E-state index in [1.807, 2.05) is 20.0 Å². The lowest BCUT2D eigenvalue weighted by Gasteiger charge is -2.61. The molecule has 1 N–H and O–H groups in total. The molecular weight excluding hydrogens is 590 g/mol. The molecule has 2 saturated heterocycles. The molecule has 2 unspecified atom stereocenters. The van der Waals surface area contributed by atoms with Gasteiger partial charge < -0.3 is 28.8 Å². The van der Waals surface area contributed by atoms with Crippen LogP contribution in [0, 0.1) is 25.2 Å². The van der Waals surface area contributed by atoms with Crippen LogP contribution in [0.1, 0.15) is 57.6 Å². The summed E-state index contributed by atoms with van der Waals surface area (Å²) in [4.78, 5) is 42.3. The number of phenols is 1. The van der Waals surface area contributed by atoms with Crippen LogP contribution in [0.4, 0.5) is 0 Å². The Morgan fingerprint density at radius 2 is 1.89 bits per heavy atom. The minimum absolute atomic E-state index is 0.0240. The molecule has 12 nitrogen and oxygen atoms in total. The van der Waals surface area contributed by atoms with Gasteiger partial charge in [-0.2, -0.15) is 5.26 Å². The van der Waals surface area contributed by atoms with E-state index in [2.05, 4.69) is 15.9 Å². The Balaban J connectivity index is 1.57. The molecule has 44 heavy (non-hydrogen) atoms. The second kappa shape index (κ2) is 10.3. The van der Waals surface area contributed by atoms with Crippen LogP contribution in [0.5, 0.6) is 28.7 Å². The fourth-order valence-electron chi connectivity index (χ4n) is 7.90. The molecule has 6 atom stereocenters. The third-order valence-electron chi connectivity index (χ3n) is 9.54. The molecule has 230 valence electrons. The Labute approximate surface area is 257 Å². The van der Waals surface area contributed by atoms with Gasteiger partial charge in [0.2, 0.25) is 12.6 Å². The summed E-state index contributed by atoms with van der Waals surface area (Å²) in [6, 6.07) is 1.81. The molecule has 13 heteroatoms. The summed E-state index contributed by atoms with van der Waals surface area (Å²) >= 11 is 1.22. The Bertz CT molecular complexity index is 1690.